The van der Waals surface area contributed by atoms with Crippen LogP contribution in [0, 0.1) is 5.82 Å². The summed E-state index contributed by atoms with van der Waals surface area (Å²) in [5, 5.41) is 3.05. The first-order valence-electron chi connectivity index (χ1n) is 9.07. The zero-order valence-electron chi connectivity index (χ0n) is 14.9. The van der Waals surface area contributed by atoms with Gasteiger partial charge in [-0.15, -0.1) is 0 Å². The van der Waals surface area contributed by atoms with Gasteiger partial charge in [0, 0.05) is 25.7 Å². The van der Waals surface area contributed by atoms with E-state index >= 15 is 0 Å². The molecule has 1 unspecified atom stereocenters. The molecule has 1 saturated heterocycles. The van der Waals surface area contributed by atoms with Crippen LogP contribution in [0.2, 0.25) is 0 Å². The Labute approximate surface area is 154 Å². The second kappa shape index (κ2) is 9.46. The Balaban J connectivity index is 1.57. The molecule has 0 radical (unpaired) electrons. The molecule has 2 aromatic rings. The van der Waals surface area contributed by atoms with Crippen LogP contribution in [0.3, 0.4) is 0 Å². The van der Waals surface area contributed by atoms with E-state index in [1.807, 2.05) is 18.2 Å². The van der Waals surface area contributed by atoms with Crippen LogP contribution in [0.25, 0.3) is 0 Å². The maximum Gasteiger partial charge on any atom is 0.224 e. The number of nitrogens with zero attached hydrogens (tertiary/aromatic N) is 1. The van der Waals surface area contributed by atoms with Crippen LogP contribution in [0.15, 0.2) is 54.6 Å². The highest BCUT2D eigenvalue weighted by molar-refractivity contribution is 5.78. The van der Waals surface area contributed by atoms with Crippen LogP contribution in [0.1, 0.15) is 11.1 Å². The summed E-state index contributed by atoms with van der Waals surface area (Å²) in [7, 11) is 0. The third kappa shape index (κ3) is 5.64. The molecular weight excluding hydrogens is 331 g/mol. The van der Waals surface area contributed by atoms with Crippen LogP contribution in [0.4, 0.5) is 4.39 Å². The van der Waals surface area contributed by atoms with E-state index in [9.17, 15) is 9.18 Å². The van der Waals surface area contributed by atoms with Gasteiger partial charge in [0.05, 0.1) is 19.6 Å². The number of rotatable bonds is 7. The van der Waals surface area contributed by atoms with E-state index in [4.69, 9.17) is 4.74 Å². The lowest BCUT2D eigenvalue weighted by atomic mass is 10.0. The van der Waals surface area contributed by atoms with Gasteiger partial charge in [-0.2, -0.15) is 0 Å². The minimum absolute atomic E-state index is 0.0390. The van der Waals surface area contributed by atoms with Gasteiger partial charge < -0.3 is 10.1 Å². The minimum atomic E-state index is -0.288. The molecule has 0 spiro atoms. The topological polar surface area (TPSA) is 41.6 Å². The Morgan fingerprint density at radius 1 is 1.04 bits per heavy atom. The molecule has 4 nitrogen and oxygen atoms in total. The molecule has 26 heavy (non-hydrogen) atoms. The smallest absolute Gasteiger partial charge is 0.224 e. The number of morpholine rings is 1. The summed E-state index contributed by atoms with van der Waals surface area (Å²) in [6.45, 7) is 3.81. The predicted octanol–water partition coefficient (Wildman–Crippen LogP) is 2.43. The molecule has 0 bridgehead atoms. The minimum Gasteiger partial charge on any atom is -0.379 e. The average molecular weight is 356 g/mol. The van der Waals surface area contributed by atoms with E-state index in [1.54, 1.807) is 12.1 Å². The molecule has 1 aliphatic rings. The maximum atomic E-state index is 13.0. The van der Waals surface area contributed by atoms with Crippen molar-refractivity contribution < 1.29 is 13.9 Å². The van der Waals surface area contributed by atoms with Crippen molar-refractivity contribution in [2.75, 3.05) is 32.8 Å². The van der Waals surface area contributed by atoms with Crippen molar-refractivity contribution in [3.63, 3.8) is 0 Å². The molecular formula is C21H25FN2O2. The number of ether oxygens (including phenoxy) is 1. The molecule has 3 rings (SSSR count). The average Bonchev–Trinajstić information content (AvgIpc) is 2.68. The molecule has 5 heteroatoms. The Hall–Kier alpha value is -2.24. The largest absolute Gasteiger partial charge is 0.379 e. The molecule has 1 N–H and O–H groups in total. The maximum absolute atomic E-state index is 13.0. The fourth-order valence-electron chi connectivity index (χ4n) is 3.24. The van der Waals surface area contributed by atoms with Gasteiger partial charge in [0.25, 0.3) is 0 Å². The lowest BCUT2D eigenvalue weighted by molar-refractivity contribution is -0.120. The molecule has 138 valence electrons. The quantitative estimate of drug-likeness (QED) is 0.828. The van der Waals surface area contributed by atoms with Gasteiger partial charge in [-0.1, -0.05) is 42.5 Å². The van der Waals surface area contributed by atoms with Crippen molar-refractivity contribution in [2.45, 2.75) is 18.9 Å². The molecule has 0 saturated carbocycles. The van der Waals surface area contributed by atoms with Gasteiger partial charge >= 0.3 is 0 Å². The van der Waals surface area contributed by atoms with E-state index in [-0.39, 0.29) is 24.2 Å². The molecule has 1 atom stereocenters. The van der Waals surface area contributed by atoms with Crippen LogP contribution in [-0.2, 0) is 22.4 Å². The molecule has 2 aromatic carbocycles. The molecule has 1 fully saturated rings. The van der Waals surface area contributed by atoms with Crippen LogP contribution < -0.4 is 5.32 Å². The van der Waals surface area contributed by atoms with Gasteiger partial charge in [-0.05, 0) is 29.7 Å². The fraction of sp³-hybridized carbons (Fsp3) is 0.381. The zero-order valence-corrected chi connectivity index (χ0v) is 14.9. The second-order valence-corrected chi connectivity index (χ2v) is 6.60. The number of benzene rings is 2. The van der Waals surface area contributed by atoms with Crippen LogP contribution in [0.5, 0.6) is 0 Å². The predicted molar refractivity (Wildman–Crippen MR) is 99.4 cm³/mol. The number of amides is 1. The van der Waals surface area contributed by atoms with E-state index in [2.05, 4.69) is 22.3 Å². The standard InChI is InChI=1S/C21H25FN2O2/c22-19-8-6-18(7-9-19)15-21(25)23-16-20(24-10-12-26-13-11-24)14-17-4-2-1-3-5-17/h1-9,20H,10-16H2,(H,23,25). The summed E-state index contributed by atoms with van der Waals surface area (Å²) in [6, 6.07) is 16.6. The first-order valence-corrected chi connectivity index (χ1v) is 9.07. The number of hydrogen-bond donors (Lipinski definition) is 1. The van der Waals surface area contributed by atoms with Crippen molar-refractivity contribution in [2.24, 2.45) is 0 Å². The lowest BCUT2D eigenvalue weighted by Gasteiger charge is -2.34. The third-order valence-corrected chi connectivity index (χ3v) is 4.69. The number of carbonyl (C=O) groups is 1. The first-order chi connectivity index (χ1) is 12.7. The molecule has 1 heterocycles. The van der Waals surface area contributed by atoms with Crippen LogP contribution >= 0.6 is 0 Å². The van der Waals surface area contributed by atoms with E-state index < -0.39 is 0 Å². The lowest BCUT2D eigenvalue weighted by Crippen LogP contribution is -2.50. The monoisotopic (exact) mass is 356 g/mol. The first kappa shape index (κ1) is 18.5. The Kier molecular flexibility index (Phi) is 6.75. The highest BCUT2D eigenvalue weighted by atomic mass is 19.1. The normalized spacial score (nSPS) is 16.2. The SMILES string of the molecule is O=C(Cc1ccc(F)cc1)NCC(Cc1ccccc1)N1CCOCC1. The number of halogens is 1. The van der Waals surface area contributed by atoms with Crippen molar-refractivity contribution in [3.05, 3.63) is 71.5 Å². The summed E-state index contributed by atoms with van der Waals surface area (Å²) in [4.78, 5) is 14.7. The highest BCUT2D eigenvalue weighted by Gasteiger charge is 2.22. The highest BCUT2D eigenvalue weighted by Crippen LogP contribution is 2.11. The Morgan fingerprint density at radius 3 is 2.42 bits per heavy atom. The number of hydrogen-bond acceptors (Lipinski definition) is 3. The van der Waals surface area contributed by atoms with Gasteiger partial charge in [0.1, 0.15) is 5.82 Å². The molecule has 0 aliphatic carbocycles. The molecule has 0 aromatic heterocycles. The Bertz CT molecular complexity index is 685. The summed E-state index contributed by atoms with van der Waals surface area (Å²) in [5.41, 5.74) is 2.08. The van der Waals surface area contributed by atoms with E-state index in [1.165, 1.54) is 17.7 Å². The van der Waals surface area contributed by atoms with Crippen molar-refractivity contribution >= 4 is 5.91 Å². The summed E-state index contributed by atoms with van der Waals surface area (Å²) in [5.74, 6) is -0.327. The summed E-state index contributed by atoms with van der Waals surface area (Å²) >= 11 is 0. The van der Waals surface area contributed by atoms with Gasteiger partial charge in [0.2, 0.25) is 5.91 Å². The van der Waals surface area contributed by atoms with Gasteiger partial charge in [0.15, 0.2) is 0 Å². The third-order valence-electron chi connectivity index (χ3n) is 4.69. The number of carbonyl (C=O) groups excluding carboxylic acids is 1. The van der Waals surface area contributed by atoms with Gasteiger partial charge in [-0.3, -0.25) is 9.69 Å². The summed E-state index contributed by atoms with van der Waals surface area (Å²) < 4.78 is 18.4. The van der Waals surface area contributed by atoms with Crippen molar-refractivity contribution in [1.82, 2.24) is 10.2 Å². The zero-order chi connectivity index (χ0) is 18.2. The fourth-order valence-corrected chi connectivity index (χ4v) is 3.24. The van der Waals surface area contributed by atoms with Crippen molar-refractivity contribution in [1.29, 1.82) is 0 Å². The van der Waals surface area contributed by atoms with Crippen LogP contribution in [-0.4, -0.2) is 49.7 Å². The van der Waals surface area contributed by atoms with E-state index in [0.29, 0.717) is 6.54 Å². The summed E-state index contributed by atoms with van der Waals surface area (Å²) in [6.07, 6.45) is 1.15. The number of nitrogens with one attached hydrogen (secondary N) is 1. The van der Waals surface area contributed by atoms with E-state index in [0.717, 1.165) is 38.3 Å². The Morgan fingerprint density at radius 2 is 1.73 bits per heavy atom. The second-order valence-electron chi connectivity index (χ2n) is 6.60. The molecule has 1 aliphatic heterocycles. The van der Waals surface area contributed by atoms with Gasteiger partial charge in [-0.25, -0.2) is 4.39 Å². The van der Waals surface area contributed by atoms with Crippen molar-refractivity contribution in [3.8, 4) is 0 Å². The molecule has 1 amide bonds.